The molecule has 0 spiro atoms. The van der Waals surface area contributed by atoms with Crippen molar-refractivity contribution in [3.05, 3.63) is 56.1 Å². The number of hydrogen-bond donors (Lipinski definition) is 1. The molecule has 0 aliphatic heterocycles. The van der Waals surface area contributed by atoms with Gasteiger partial charge < -0.3 is 5.32 Å². The molecule has 1 aromatic heterocycles. The molecule has 3 nitrogen and oxygen atoms in total. The Balaban J connectivity index is 2.26. The van der Waals surface area contributed by atoms with Crippen LogP contribution in [0.4, 0.5) is 5.82 Å². The van der Waals surface area contributed by atoms with Gasteiger partial charge >= 0.3 is 0 Å². The van der Waals surface area contributed by atoms with E-state index in [-0.39, 0.29) is 10.9 Å². The minimum absolute atomic E-state index is 0.232. The van der Waals surface area contributed by atoms with Gasteiger partial charge in [-0.2, -0.15) is 0 Å². The van der Waals surface area contributed by atoms with E-state index in [4.69, 9.17) is 23.2 Å². The first-order valence-corrected chi connectivity index (χ1v) is 6.92. The lowest BCUT2D eigenvalue weighted by atomic mass is 10.2. The summed E-state index contributed by atoms with van der Waals surface area (Å²) in [5.74, 6) is 0.114. The lowest BCUT2D eigenvalue weighted by Crippen LogP contribution is -2.13. The molecule has 2 rings (SSSR count). The first kappa shape index (κ1) is 14.3. The summed E-state index contributed by atoms with van der Waals surface area (Å²) in [6.45, 7) is 1.84. The van der Waals surface area contributed by atoms with Gasteiger partial charge in [0.25, 0.3) is 5.91 Å². The smallest absolute Gasteiger partial charge is 0.258 e. The number of nitrogens with one attached hydrogen (secondary N) is 1. The number of benzene rings is 1. The average molecular weight is 360 g/mol. The van der Waals surface area contributed by atoms with Crippen molar-refractivity contribution in [2.45, 2.75) is 6.92 Å². The van der Waals surface area contributed by atoms with Crippen LogP contribution >= 0.6 is 39.1 Å². The van der Waals surface area contributed by atoms with Gasteiger partial charge in [-0.05, 0) is 47.1 Å². The van der Waals surface area contributed by atoms with Gasteiger partial charge in [0.15, 0.2) is 0 Å². The lowest BCUT2D eigenvalue weighted by molar-refractivity contribution is 0.102. The number of carbonyl (C=O) groups excluding carboxylic acids is 1. The molecule has 0 aliphatic carbocycles. The number of rotatable bonds is 2. The van der Waals surface area contributed by atoms with Crippen LogP contribution in [-0.4, -0.2) is 10.9 Å². The molecular formula is C13H9BrCl2N2O. The molecule has 0 radical (unpaired) electrons. The predicted molar refractivity (Wildman–Crippen MR) is 81.1 cm³/mol. The Morgan fingerprint density at radius 2 is 2.00 bits per heavy atom. The third-order valence-corrected chi connectivity index (χ3v) is 4.12. The van der Waals surface area contributed by atoms with Gasteiger partial charge in [-0.25, -0.2) is 4.98 Å². The molecule has 0 bridgehead atoms. The highest BCUT2D eigenvalue weighted by Gasteiger charge is 2.13. The molecule has 0 saturated carbocycles. The minimum Gasteiger partial charge on any atom is -0.307 e. The molecule has 98 valence electrons. The number of halogens is 3. The molecule has 1 heterocycles. The van der Waals surface area contributed by atoms with Crippen molar-refractivity contribution in [3.8, 4) is 0 Å². The van der Waals surface area contributed by atoms with E-state index in [0.717, 1.165) is 10.2 Å². The second-order valence-corrected chi connectivity index (χ2v) is 5.46. The number of amides is 1. The molecule has 0 aliphatic rings. The van der Waals surface area contributed by atoms with Crippen molar-refractivity contribution < 1.29 is 4.79 Å². The fraction of sp³-hybridized carbons (Fsp3) is 0.0769. The number of hydrogen-bond acceptors (Lipinski definition) is 2. The molecule has 2 aromatic rings. The Labute approximate surface area is 129 Å². The van der Waals surface area contributed by atoms with Gasteiger partial charge in [0.1, 0.15) is 5.82 Å². The first-order chi connectivity index (χ1) is 8.99. The topological polar surface area (TPSA) is 42.0 Å². The largest absolute Gasteiger partial charge is 0.307 e. The van der Waals surface area contributed by atoms with E-state index in [9.17, 15) is 4.79 Å². The van der Waals surface area contributed by atoms with Crippen LogP contribution in [-0.2, 0) is 0 Å². The molecule has 1 amide bonds. The van der Waals surface area contributed by atoms with Gasteiger partial charge in [-0.1, -0.05) is 29.3 Å². The van der Waals surface area contributed by atoms with Crippen molar-refractivity contribution in [2.24, 2.45) is 0 Å². The SMILES string of the molecule is Cc1nc(NC(=O)c2cccc(Cl)c2Cl)ccc1Br. The van der Waals surface area contributed by atoms with Crippen molar-refractivity contribution in [1.29, 1.82) is 0 Å². The zero-order valence-corrected chi connectivity index (χ0v) is 13.0. The quantitative estimate of drug-likeness (QED) is 0.843. The Morgan fingerprint density at radius 3 is 2.68 bits per heavy atom. The van der Waals surface area contributed by atoms with Crippen molar-refractivity contribution in [2.75, 3.05) is 5.32 Å². The molecule has 0 atom stereocenters. The van der Waals surface area contributed by atoms with Gasteiger partial charge in [0, 0.05) is 4.47 Å². The summed E-state index contributed by atoms with van der Waals surface area (Å²) in [4.78, 5) is 16.3. The van der Waals surface area contributed by atoms with Crippen LogP contribution in [0.3, 0.4) is 0 Å². The summed E-state index contributed by atoms with van der Waals surface area (Å²) in [5.41, 5.74) is 1.10. The Bertz CT molecular complexity index is 647. The van der Waals surface area contributed by atoms with Crippen molar-refractivity contribution in [1.82, 2.24) is 4.98 Å². The number of anilines is 1. The molecule has 0 saturated heterocycles. The van der Waals surface area contributed by atoms with E-state index in [1.165, 1.54) is 0 Å². The highest BCUT2D eigenvalue weighted by atomic mass is 79.9. The molecule has 19 heavy (non-hydrogen) atoms. The highest BCUT2D eigenvalue weighted by Crippen LogP contribution is 2.26. The number of pyridine rings is 1. The fourth-order valence-electron chi connectivity index (χ4n) is 1.48. The third kappa shape index (κ3) is 3.26. The molecule has 0 fully saturated rings. The third-order valence-electron chi connectivity index (χ3n) is 2.46. The van der Waals surface area contributed by atoms with Gasteiger partial charge in [-0.15, -0.1) is 0 Å². The van der Waals surface area contributed by atoms with Crippen LogP contribution in [0.5, 0.6) is 0 Å². The molecular weight excluding hydrogens is 351 g/mol. The Hall–Kier alpha value is -1.10. The zero-order chi connectivity index (χ0) is 14.0. The van der Waals surface area contributed by atoms with E-state index in [0.29, 0.717) is 16.4 Å². The number of aromatic nitrogens is 1. The summed E-state index contributed by atoms with van der Waals surface area (Å²) in [6.07, 6.45) is 0. The molecule has 1 aromatic carbocycles. The van der Waals surface area contributed by atoms with Crippen LogP contribution in [0.2, 0.25) is 10.0 Å². The number of aryl methyl sites for hydroxylation is 1. The van der Waals surface area contributed by atoms with E-state index in [2.05, 4.69) is 26.2 Å². The summed E-state index contributed by atoms with van der Waals surface area (Å²) < 4.78 is 0.881. The normalized spacial score (nSPS) is 10.3. The molecule has 6 heteroatoms. The summed E-state index contributed by atoms with van der Waals surface area (Å²) >= 11 is 15.2. The van der Waals surface area contributed by atoms with Gasteiger partial charge in [0.05, 0.1) is 21.3 Å². The standard InChI is InChI=1S/C13H9BrCl2N2O/c1-7-9(14)5-6-11(17-7)18-13(19)8-3-2-4-10(15)12(8)16/h2-6H,1H3,(H,17,18,19). The second kappa shape index (κ2) is 5.90. The lowest BCUT2D eigenvalue weighted by Gasteiger charge is -2.08. The van der Waals surface area contributed by atoms with E-state index in [1.807, 2.05) is 13.0 Å². The van der Waals surface area contributed by atoms with Crippen molar-refractivity contribution >= 4 is 50.9 Å². The molecule has 0 unspecified atom stereocenters. The van der Waals surface area contributed by atoms with E-state index < -0.39 is 0 Å². The number of nitrogens with zero attached hydrogens (tertiary/aromatic N) is 1. The van der Waals surface area contributed by atoms with E-state index >= 15 is 0 Å². The zero-order valence-electron chi connectivity index (χ0n) is 9.88. The number of carbonyl (C=O) groups is 1. The van der Waals surface area contributed by atoms with Crippen LogP contribution in [0.1, 0.15) is 16.1 Å². The highest BCUT2D eigenvalue weighted by molar-refractivity contribution is 9.10. The maximum absolute atomic E-state index is 12.1. The average Bonchev–Trinajstić information content (AvgIpc) is 2.37. The van der Waals surface area contributed by atoms with Crippen LogP contribution in [0.15, 0.2) is 34.8 Å². The maximum atomic E-state index is 12.1. The van der Waals surface area contributed by atoms with Crippen molar-refractivity contribution in [3.63, 3.8) is 0 Å². The Morgan fingerprint density at radius 1 is 1.26 bits per heavy atom. The van der Waals surface area contributed by atoms with Gasteiger partial charge in [-0.3, -0.25) is 4.79 Å². The van der Waals surface area contributed by atoms with E-state index in [1.54, 1.807) is 24.3 Å². The summed E-state index contributed by atoms with van der Waals surface area (Å²) in [5, 5.41) is 3.25. The van der Waals surface area contributed by atoms with Crippen LogP contribution < -0.4 is 5.32 Å². The predicted octanol–water partition coefficient (Wildman–Crippen LogP) is 4.71. The molecule has 1 N–H and O–H groups in total. The fourth-order valence-corrected chi connectivity index (χ4v) is 2.08. The maximum Gasteiger partial charge on any atom is 0.258 e. The monoisotopic (exact) mass is 358 g/mol. The van der Waals surface area contributed by atoms with Gasteiger partial charge in [0.2, 0.25) is 0 Å². The minimum atomic E-state index is -0.346. The van der Waals surface area contributed by atoms with Crippen LogP contribution in [0.25, 0.3) is 0 Å². The second-order valence-electron chi connectivity index (χ2n) is 3.82. The van der Waals surface area contributed by atoms with Crippen LogP contribution in [0, 0.1) is 6.92 Å². The summed E-state index contributed by atoms with van der Waals surface area (Å²) in [7, 11) is 0. The Kier molecular flexibility index (Phi) is 4.45. The first-order valence-electron chi connectivity index (χ1n) is 5.37. The summed E-state index contributed by atoms with van der Waals surface area (Å²) in [6, 6.07) is 8.42.